The third-order valence-electron chi connectivity index (χ3n) is 11.2. The number of fused-ring (bicyclic) bond motifs is 6. The van der Waals surface area contributed by atoms with E-state index in [2.05, 4.69) is 216 Å². The van der Waals surface area contributed by atoms with Crippen LogP contribution in [0.1, 0.15) is 0 Å². The highest BCUT2D eigenvalue weighted by Gasteiger charge is 2.23. The number of hydrogen-bond acceptors (Lipinski definition) is 2. The van der Waals surface area contributed by atoms with Crippen LogP contribution in [0.15, 0.2) is 223 Å². The van der Waals surface area contributed by atoms with Crippen molar-refractivity contribution < 1.29 is 4.42 Å². The standard InChI is InChI=1S/C54H36N2O/c1-4-17-37(18-5-1)42-23-10-11-25-44(42)47-27-16-29-50-54(47)48-34-32-40(35-51(48)56(50)39-21-8-3-9-22-39)55(49-28-14-12-24-43(49)38-19-6-2-7-20-38)41-31-33-46-45-26-13-15-30-52(45)57-53(46)36-41/h1-36H. The van der Waals surface area contributed by atoms with Gasteiger partial charge in [0.1, 0.15) is 11.2 Å². The SMILES string of the molecule is c1ccc(-c2ccccc2-c2cccc3c2c2ccc(N(c4ccc5c(c4)oc4ccccc45)c4ccccc4-c4ccccc4)cc2n3-c2ccccc2)cc1. The number of rotatable bonds is 7. The predicted octanol–water partition coefficient (Wildman–Crippen LogP) is 15.2. The number of aromatic nitrogens is 1. The van der Waals surface area contributed by atoms with Crippen molar-refractivity contribution in [3.05, 3.63) is 218 Å². The second-order valence-electron chi connectivity index (χ2n) is 14.5. The molecule has 3 heteroatoms. The minimum atomic E-state index is 0.858. The van der Waals surface area contributed by atoms with Crippen LogP contribution in [0, 0.1) is 0 Å². The Balaban J connectivity index is 1.19. The van der Waals surface area contributed by atoms with Crippen LogP contribution >= 0.6 is 0 Å². The monoisotopic (exact) mass is 728 g/mol. The average molecular weight is 729 g/mol. The Labute approximate surface area is 330 Å². The first-order chi connectivity index (χ1) is 28.3. The molecule has 0 radical (unpaired) electrons. The van der Waals surface area contributed by atoms with Gasteiger partial charge in [-0.3, -0.25) is 0 Å². The number of nitrogens with zero attached hydrogens (tertiary/aromatic N) is 2. The van der Waals surface area contributed by atoms with Crippen molar-refractivity contribution in [1.29, 1.82) is 0 Å². The zero-order valence-corrected chi connectivity index (χ0v) is 31.1. The van der Waals surface area contributed by atoms with Gasteiger partial charge in [-0.2, -0.15) is 0 Å². The highest BCUT2D eigenvalue weighted by molar-refractivity contribution is 6.17. The molecule has 0 amide bonds. The molecule has 11 rings (SSSR count). The molecule has 2 aromatic heterocycles. The fourth-order valence-electron chi connectivity index (χ4n) is 8.67. The number of hydrogen-bond donors (Lipinski definition) is 0. The molecule has 0 aliphatic rings. The van der Waals surface area contributed by atoms with Gasteiger partial charge in [0.25, 0.3) is 0 Å². The van der Waals surface area contributed by atoms with Gasteiger partial charge < -0.3 is 13.9 Å². The molecule has 0 saturated carbocycles. The first kappa shape index (κ1) is 32.8. The minimum Gasteiger partial charge on any atom is -0.456 e. The van der Waals surface area contributed by atoms with Gasteiger partial charge in [0, 0.05) is 50.2 Å². The van der Waals surface area contributed by atoms with E-state index in [1.54, 1.807) is 0 Å². The van der Waals surface area contributed by atoms with Crippen molar-refractivity contribution in [3.63, 3.8) is 0 Å². The van der Waals surface area contributed by atoms with E-state index in [4.69, 9.17) is 4.42 Å². The van der Waals surface area contributed by atoms with Crippen LogP contribution in [0.4, 0.5) is 17.1 Å². The largest absolute Gasteiger partial charge is 0.456 e. The van der Waals surface area contributed by atoms with Crippen molar-refractivity contribution in [2.24, 2.45) is 0 Å². The Hall–Kier alpha value is -7.62. The van der Waals surface area contributed by atoms with E-state index >= 15 is 0 Å². The van der Waals surface area contributed by atoms with Crippen LogP contribution in [-0.2, 0) is 0 Å². The van der Waals surface area contributed by atoms with Crippen LogP contribution in [0.3, 0.4) is 0 Å². The maximum atomic E-state index is 6.48. The summed E-state index contributed by atoms with van der Waals surface area (Å²) in [5.41, 5.74) is 15.4. The summed E-state index contributed by atoms with van der Waals surface area (Å²) in [4.78, 5) is 2.38. The van der Waals surface area contributed by atoms with E-state index in [0.717, 1.165) is 66.8 Å². The lowest BCUT2D eigenvalue weighted by Gasteiger charge is -2.28. The van der Waals surface area contributed by atoms with Crippen molar-refractivity contribution in [1.82, 2.24) is 4.57 Å². The molecule has 0 bridgehead atoms. The van der Waals surface area contributed by atoms with Gasteiger partial charge in [-0.25, -0.2) is 0 Å². The van der Waals surface area contributed by atoms with Gasteiger partial charge in [0.2, 0.25) is 0 Å². The van der Waals surface area contributed by atoms with Crippen LogP contribution in [0.5, 0.6) is 0 Å². The minimum absolute atomic E-state index is 0.858. The summed E-state index contributed by atoms with van der Waals surface area (Å²) in [6.45, 7) is 0. The fourth-order valence-corrected chi connectivity index (χ4v) is 8.67. The number of benzene rings is 9. The zero-order chi connectivity index (χ0) is 37.7. The van der Waals surface area contributed by atoms with Crippen LogP contribution in [0.25, 0.3) is 82.8 Å². The summed E-state index contributed by atoms with van der Waals surface area (Å²) in [6.07, 6.45) is 0. The Morgan fingerprint density at radius 3 is 1.68 bits per heavy atom. The molecule has 9 aromatic carbocycles. The molecular formula is C54H36N2O. The summed E-state index contributed by atoms with van der Waals surface area (Å²) in [7, 11) is 0. The van der Waals surface area contributed by atoms with Crippen molar-refractivity contribution in [2.75, 3.05) is 4.90 Å². The first-order valence-electron chi connectivity index (χ1n) is 19.4. The molecule has 0 N–H and O–H groups in total. The first-order valence-corrected chi connectivity index (χ1v) is 19.4. The van der Waals surface area contributed by atoms with Gasteiger partial charge >= 0.3 is 0 Å². The van der Waals surface area contributed by atoms with E-state index in [1.165, 1.54) is 33.0 Å². The van der Waals surface area contributed by atoms with Gasteiger partial charge in [-0.1, -0.05) is 158 Å². The Kier molecular flexibility index (Phi) is 7.82. The van der Waals surface area contributed by atoms with E-state index < -0.39 is 0 Å². The van der Waals surface area contributed by atoms with Crippen LogP contribution < -0.4 is 4.90 Å². The second kappa shape index (κ2) is 13.6. The Bertz CT molecular complexity index is 3230. The number of anilines is 3. The molecule has 0 atom stereocenters. The van der Waals surface area contributed by atoms with Crippen LogP contribution in [-0.4, -0.2) is 4.57 Å². The molecule has 0 aliphatic heterocycles. The third kappa shape index (κ3) is 5.51. The van der Waals surface area contributed by atoms with Crippen molar-refractivity contribution in [2.45, 2.75) is 0 Å². The predicted molar refractivity (Wildman–Crippen MR) is 239 cm³/mol. The molecule has 0 unspecified atom stereocenters. The summed E-state index contributed by atoms with van der Waals surface area (Å²) in [5.74, 6) is 0. The van der Waals surface area contributed by atoms with E-state index in [-0.39, 0.29) is 0 Å². The number of para-hydroxylation sites is 3. The highest BCUT2D eigenvalue weighted by atomic mass is 16.3. The average Bonchev–Trinajstić information content (AvgIpc) is 3.83. The molecule has 57 heavy (non-hydrogen) atoms. The molecule has 0 spiro atoms. The summed E-state index contributed by atoms with van der Waals surface area (Å²) < 4.78 is 8.91. The molecule has 0 aliphatic carbocycles. The lowest BCUT2D eigenvalue weighted by molar-refractivity contribution is 0.669. The summed E-state index contributed by atoms with van der Waals surface area (Å²) >= 11 is 0. The topological polar surface area (TPSA) is 21.3 Å². The van der Waals surface area contributed by atoms with E-state index in [9.17, 15) is 0 Å². The van der Waals surface area contributed by atoms with Gasteiger partial charge in [0.05, 0.1) is 16.7 Å². The van der Waals surface area contributed by atoms with Gasteiger partial charge in [0.15, 0.2) is 0 Å². The van der Waals surface area contributed by atoms with E-state index in [1.807, 2.05) is 12.1 Å². The highest BCUT2D eigenvalue weighted by Crippen LogP contribution is 2.46. The number of furan rings is 1. The maximum absolute atomic E-state index is 6.48. The smallest absolute Gasteiger partial charge is 0.137 e. The van der Waals surface area contributed by atoms with Crippen molar-refractivity contribution >= 4 is 60.8 Å². The van der Waals surface area contributed by atoms with Crippen LogP contribution in [0.2, 0.25) is 0 Å². The zero-order valence-electron chi connectivity index (χ0n) is 31.1. The normalized spacial score (nSPS) is 11.5. The van der Waals surface area contributed by atoms with Gasteiger partial charge in [-0.15, -0.1) is 0 Å². The Morgan fingerprint density at radius 2 is 0.912 bits per heavy atom. The van der Waals surface area contributed by atoms with Gasteiger partial charge in [-0.05, 0) is 82.4 Å². The molecule has 11 aromatic rings. The molecule has 0 saturated heterocycles. The summed E-state index contributed by atoms with van der Waals surface area (Å²) in [5, 5.41) is 4.65. The lowest BCUT2D eigenvalue weighted by Crippen LogP contribution is -2.11. The summed E-state index contributed by atoms with van der Waals surface area (Å²) in [6, 6.07) is 78.1. The maximum Gasteiger partial charge on any atom is 0.137 e. The Morgan fingerprint density at radius 1 is 0.351 bits per heavy atom. The van der Waals surface area contributed by atoms with E-state index in [0.29, 0.717) is 0 Å². The second-order valence-corrected chi connectivity index (χ2v) is 14.5. The quantitative estimate of drug-likeness (QED) is 0.163. The fraction of sp³-hybridized carbons (Fsp3) is 0. The molecule has 3 nitrogen and oxygen atoms in total. The third-order valence-corrected chi connectivity index (χ3v) is 11.2. The van der Waals surface area contributed by atoms with Crippen molar-refractivity contribution in [3.8, 4) is 39.1 Å². The molecule has 2 heterocycles. The molecule has 0 fully saturated rings. The molecular weight excluding hydrogens is 693 g/mol. The lowest BCUT2D eigenvalue weighted by atomic mass is 9.92. The molecule has 268 valence electrons.